The summed E-state index contributed by atoms with van der Waals surface area (Å²) < 4.78 is 48.5. The first-order chi connectivity index (χ1) is 12.5. The number of ether oxygens (including phenoxy) is 1. The van der Waals surface area contributed by atoms with Gasteiger partial charge in [-0.25, -0.2) is 4.39 Å². The Hall–Kier alpha value is -2.62. The van der Waals surface area contributed by atoms with Gasteiger partial charge in [0, 0.05) is 18.8 Å². The number of hydrogen-bond donors (Lipinski definition) is 1. The van der Waals surface area contributed by atoms with Gasteiger partial charge in [0.15, 0.2) is 5.82 Å². The maximum Gasteiger partial charge on any atom is 0.315 e. The van der Waals surface area contributed by atoms with Gasteiger partial charge in [0.1, 0.15) is 5.82 Å². The molecule has 26 heavy (non-hydrogen) atoms. The Bertz CT molecular complexity index is 778. The third-order valence-corrected chi connectivity index (χ3v) is 3.93. The van der Waals surface area contributed by atoms with E-state index in [1.54, 1.807) is 0 Å². The van der Waals surface area contributed by atoms with Gasteiger partial charge in [-0.2, -0.15) is 13.8 Å². The quantitative estimate of drug-likeness (QED) is 0.871. The summed E-state index contributed by atoms with van der Waals surface area (Å²) in [7, 11) is 0. The highest BCUT2D eigenvalue weighted by atomic mass is 19.3. The van der Waals surface area contributed by atoms with Crippen molar-refractivity contribution in [2.45, 2.75) is 19.4 Å². The van der Waals surface area contributed by atoms with Crippen molar-refractivity contribution in [3.8, 4) is 0 Å². The summed E-state index contributed by atoms with van der Waals surface area (Å²) >= 11 is 0. The van der Waals surface area contributed by atoms with E-state index in [0.717, 1.165) is 6.07 Å². The SMILES string of the molecule is CC(NC(=O)c1cc(F)ccc1N1CCOCC1)c1noc(C(F)F)n1. The van der Waals surface area contributed by atoms with Crippen LogP contribution in [-0.4, -0.2) is 42.4 Å². The molecule has 7 nitrogen and oxygen atoms in total. The zero-order valence-electron chi connectivity index (χ0n) is 13.9. The lowest BCUT2D eigenvalue weighted by molar-refractivity contribution is 0.0935. The van der Waals surface area contributed by atoms with Gasteiger partial charge >= 0.3 is 6.43 Å². The molecule has 1 fully saturated rings. The zero-order valence-corrected chi connectivity index (χ0v) is 13.9. The number of anilines is 1. The van der Waals surface area contributed by atoms with Crippen LogP contribution in [0.25, 0.3) is 0 Å². The van der Waals surface area contributed by atoms with Crippen molar-refractivity contribution in [3.63, 3.8) is 0 Å². The van der Waals surface area contributed by atoms with E-state index in [4.69, 9.17) is 4.74 Å². The highest BCUT2D eigenvalue weighted by Crippen LogP contribution is 2.24. The molecule has 2 aromatic rings. The number of amides is 1. The summed E-state index contributed by atoms with van der Waals surface area (Å²) in [6.07, 6.45) is -2.89. The van der Waals surface area contributed by atoms with Gasteiger partial charge in [-0.15, -0.1) is 0 Å². The molecule has 1 aromatic heterocycles. The molecule has 0 radical (unpaired) electrons. The van der Waals surface area contributed by atoms with E-state index in [-0.39, 0.29) is 11.4 Å². The van der Waals surface area contributed by atoms with Crippen LogP contribution in [0.15, 0.2) is 22.7 Å². The molecule has 3 rings (SSSR count). The Morgan fingerprint density at radius 2 is 2.04 bits per heavy atom. The first kappa shape index (κ1) is 18.2. The van der Waals surface area contributed by atoms with Gasteiger partial charge in [-0.05, 0) is 25.1 Å². The summed E-state index contributed by atoms with van der Waals surface area (Å²) in [5, 5.41) is 6.01. The Balaban J connectivity index is 1.78. The first-order valence-electron chi connectivity index (χ1n) is 8.00. The van der Waals surface area contributed by atoms with E-state index >= 15 is 0 Å². The molecule has 1 aliphatic heterocycles. The predicted octanol–water partition coefficient (Wildman–Crippen LogP) is 2.47. The van der Waals surface area contributed by atoms with Crippen LogP contribution in [0.2, 0.25) is 0 Å². The molecule has 140 valence electrons. The standard InChI is InChI=1S/C16H17F3N4O3/c1-9(14-21-16(13(18)19)26-22-14)20-15(24)11-8-10(17)2-3-12(11)23-4-6-25-7-5-23/h2-3,8-9,13H,4-7H2,1H3,(H,20,24). The molecule has 1 saturated heterocycles. The molecule has 1 aromatic carbocycles. The molecule has 2 heterocycles. The minimum atomic E-state index is -2.89. The average molecular weight is 370 g/mol. The second kappa shape index (κ2) is 7.73. The molecule has 1 amide bonds. The topological polar surface area (TPSA) is 80.5 Å². The van der Waals surface area contributed by atoms with Crippen molar-refractivity contribution in [2.24, 2.45) is 0 Å². The summed E-state index contributed by atoms with van der Waals surface area (Å²) in [6, 6.07) is 3.15. The van der Waals surface area contributed by atoms with E-state index in [1.165, 1.54) is 19.1 Å². The molecular formula is C16H17F3N4O3. The van der Waals surface area contributed by atoms with Crippen LogP contribution in [0.1, 0.15) is 41.5 Å². The second-order valence-electron chi connectivity index (χ2n) is 5.75. The number of aromatic nitrogens is 2. The van der Waals surface area contributed by atoms with Crippen LogP contribution in [0.3, 0.4) is 0 Å². The van der Waals surface area contributed by atoms with Crippen molar-refractivity contribution >= 4 is 11.6 Å². The van der Waals surface area contributed by atoms with E-state index < -0.39 is 30.1 Å². The predicted molar refractivity (Wildman–Crippen MR) is 84.6 cm³/mol. The van der Waals surface area contributed by atoms with Gasteiger partial charge in [-0.1, -0.05) is 5.16 Å². The maximum atomic E-state index is 13.7. The number of morpholine rings is 1. The van der Waals surface area contributed by atoms with Crippen LogP contribution in [-0.2, 0) is 4.74 Å². The lowest BCUT2D eigenvalue weighted by Gasteiger charge is -2.30. The first-order valence-corrected chi connectivity index (χ1v) is 8.00. The van der Waals surface area contributed by atoms with Gasteiger partial charge in [0.05, 0.1) is 24.8 Å². The number of nitrogens with one attached hydrogen (secondary N) is 1. The fourth-order valence-electron chi connectivity index (χ4n) is 2.62. The number of hydrogen-bond acceptors (Lipinski definition) is 6. The van der Waals surface area contributed by atoms with Crippen molar-refractivity contribution < 1.29 is 27.2 Å². The van der Waals surface area contributed by atoms with E-state index in [2.05, 4.69) is 20.0 Å². The third kappa shape index (κ3) is 3.96. The van der Waals surface area contributed by atoms with E-state index in [0.29, 0.717) is 32.0 Å². The van der Waals surface area contributed by atoms with Crippen molar-refractivity contribution in [2.75, 3.05) is 31.2 Å². The van der Waals surface area contributed by atoms with E-state index in [1.807, 2.05) is 4.90 Å². The summed E-state index contributed by atoms with van der Waals surface area (Å²) in [4.78, 5) is 18.1. The molecule has 1 unspecified atom stereocenters. The number of carbonyl (C=O) groups is 1. The Kier molecular flexibility index (Phi) is 5.40. The van der Waals surface area contributed by atoms with Crippen LogP contribution in [0.4, 0.5) is 18.9 Å². The number of halogens is 3. The number of benzene rings is 1. The van der Waals surface area contributed by atoms with Crippen LogP contribution in [0, 0.1) is 5.82 Å². The maximum absolute atomic E-state index is 13.7. The number of alkyl halides is 2. The fraction of sp³-hybridized carbons (Fsp3) is 0.438. The lowest BCUT2D eigenvalue weighted by atomic mass is 10.1. The number of rotatable bonds is 5. The third-order valence-electron chi connectivity index (χ3n) is 3.93. The minimum absolute atomic E-state index is 0.0852. The smallest absolute Gasteiger partial charge is 0.315 e. The fourth-order valence-corrected chi connectivity index (χ4v) is 2.62. The van der Waals surface area contributed by atoms with Gasteiger partial charge in [-0.3, -0.25) is 4.79 Å². The van der Waals surface area contributed by atoms with Gasteiger partial charge < -0.3 is 19.5 Å². The molecule has 10 heteroatoms. The highest BCUT2D eigenvalue weighted by Gasteiger charge is 2.24. The van der Waals surface area contributed by atoms with Crippen molar-refractivity contribution in [3.05, 3.63) is 41.3 Å². The largest absolute Gasteiger partial charge is 0.378 e. The van der Waals surface area contributed by atoms with Gasteiger partial charge in [0.25, 0.3) is 11.8 Å². The normalized spacial score (nSPS) is 16.0. The number of nitrogens with zero attached hydrogens (tertiary/aromatic N) is 3. The summed E-state index contributed by atoms with van der Waals surface area (Å²) in [6.45, 7) is 3.68. The molecule has 1 atom stereocenters. The Labute approximate surface area is 147 Å². The lowest BCUT2D eigenvalue weighted by Crippen LogP contribution is -2.38. The zero-order chi connectivity index (χ0) is 18.7. The minimum Gasteiger partial charge on any atom is -0.378 e. The van der Waals surface area contributed by atoms with E-state index in [9.17, 15) is 18.0 Å². The molecule has 1 N–H and O–H groups in total. The molecular weight excluding hydrogens is 353 g/mol. The summed E-state index contributed by atoms with van der Waals surface area (Å²) in [5.74, 6) is -2.03. The van der Waals surface area contributed by atoms with Crippen LogP contribution in [0.5, 0.6) is 0 Å². The molecule has 1 aliphatic rings. The van der Waals surface area contributed by atoms with Gasteiger partial charge in [0.2, 0.25) is 0 Å². The monoisotopic (exact) mass is 370 g/mol. The molecule has 0 saturated carbocycles. The van der Waals surface area contributed by atoms with Crippen molar-refractivity contribution in [1.82, 2.24) is 15.5 Å². The molecule has 0 spiro atoms. The molecule has 0 bridgehead atoms. The Morgan fingerprint density at radius 3 is 2.69 bits per heavy atom. The highest BCUT2D eigenvalue weighted by molar-refractivity contribution is 6.00. The van der Waals surface area contributed by atoms with Crippen LogP contribution >= 0.6 is 0 Å². The van der Waals surface area contributed by atoms with Crippen LogP contribution < -0.4 is 10.2 Å². The molecule has 0 aliphatic carbocycles. The Morgan fingerprint density at radius 1 is 1.31 bits per heavy atom. The number of carbonyl (C=O) groups excluding carboxylic acids is 1. The summed E-state index contributed by atoms with van der Waals surface area (Å²) in [5.41, 5.74) is 0.706. The average Bonchev–Trinajstić information content (AvgIpc) is 3.13. The second-order valence-corrected chi connectivity index (χ2v) is 5.75. The van der Waals surface area contributed by atoms with Crippen molar-refractivity contribution in [1.29, 1.82) is 0 Å².